The number of nitrogens with one attached hydrogen (secondary N) is 1. The molecule has 2 aromatic rings. The van der Waals surface area contributed by atoms with E-state index in [1.165, 1.54) is 10.9 Å². The molecule has 1 aliphatic rings. The zero-order valence-electron chi connectivity index (χ0n) is 13.5. The van der Waals surface area contributed by atoms with Gasteiger partial charge in [0, 0.05) is 15.9 Å². The first-order valence-corrected chi connectivity index (χ1v) is 9.32. The smallest absolute Gasteiger partial charge is 0.322 e. The van der Waals surface area contributed by atoms with Gasteiger partial charge in [0.1, 0.15) is 0 Å². The van der Waals surface area contributed by atoms with E-state index in [0.717, 1.165) is 43.4 Å². The summed E-state index contributed by atoms with van der Waals surface area (Å²) in [5.41, 5.74) is 0.740. The molecule has 1 heterocycles. The number of fused-ring (bicyclic) bond motifs is 1. The van der Waals surface area contributed by atoms with Gasteiger partial charge in [0.2, 0.25) is 0 Å². The molecule has 134 valence electrons. The fraction of sp³-hybridized carbons (Fsp3) is 0.389. The molecule has 1 N–H and O–H groups in total. The molecule has 7 heteroatoms. The zero-order valence-corrected chi connectivity index (χ0v) is 15.1. The summed E-state index contributed by atoms with van der Waals surface area (Å²) >= 11 is 7.17. The quantitative estimate of drug-likeness (QED) is 0.668. The van der Waals surface area contributed by atoms with Crippen LogP contribution in [0.1, 0.15) is 46.1 Å². The molecule has 0 saturated carbocycles. The van der Waals surface area contributed by atoms with E-state index in [2.05, 4.69) is 12.2 Å². The molecule has 0 saturated heterocycles. The fourth-order valence-corrected chi connectivity index (χ4v) is 4.56. The normalized spacial score (nSPS) is 17.2. The van der Waals surface area contributed by atoms with Gasteiger partial charge in [0.25, 0.3) is 5.91 Å². The Bertz CT molecular complexity index is 800. The molecule has 1 amide bonds. The largest absolute Gasteiger partial charge is 0.417 e. The fourth-order valence-electron chi connectivity index (χ4n) is 3.14. The first-order valence-electron chi connectivity index (χ1n) is 8.07. The highest BCUT2D eigenvalue weighted by Gasteiger charge is 2.33. The van der Waals surface area contributed by atoms with Crippen molar-refractivity contribution < 1.29 is 18.0 Å². The van der Waals surface area contributed by atoms with Crippen LogP contribution in [0.4, 0.5) is 18.9 Å². The van der Waals surface area contributed by atoms with Crippen molar-refractivity contribution in [3.63, 3.8) is 0 Å². The number of alkyl halides is 3. The van der Waals surface area contributed by atoms with Gasteiger partial charge in [-0.25, -0.2) is 0 Å². The van der Waals surface area contributed by atoms with E-state index in [9.17, 15) is 18.0 Å². The summed E-state index contributed by atoms with van der Waals surface area (Å²) in [5, 5.41) is 3.99. The van der Waals surface area contributed by atoms with Gasteiger partial charge < -0.3 is 5.32 Å². The standard InChI is InChI=1S/C18H17ClF3NOS/c1-2-10-3-5-12-13(9-25-16(12)7-10)17(24)23-11-4-6-15(19)14(8-11)18(20,21)22/h4,6,8-10H,2-3,5,7H2,1H3,(H,23,24). The Hall–Kier alpha value is -1.53. The maximum Gasteiger partial charge on any atom is 0.417 e. The second-order valence-electron chi connectivity index (χ2n) is 6.21. The molecule has 0 bridgehead atoms. The third kappa shape index (κ3) is 3.85. The van der Waals surface area contributed by atoms with Crippen LogP contribution in [-0.2, 0) is 19.0 Å². The number of rotatable bonds is 3. The van der Waals surface area contributed by atoms with Crippen molar-refractivity contribution in [1.82, 2.24) is 0 Å². The average Bonchev–Trinajstić information content (AvgIpc) is 2.98. The van der Waals surface area contributed by atoms with Gasteiger partial charge in [-0.1, -0.05) is 24.9 Å². The van der Waals surface area contributed by atoms with Crippen molar-refractivity contribution in [3.8, 4) is 0 Å². The summed E-state index contributed by atoms with van der Waals surface area (Å²) in [4.78, 5) is 13.7. The Balaban J connectivity index is 1.81. The molecule has 25 heavy (non-hydrogen) atoms. The minimum absolute atomic E-state index is 0.0870. The van der Waals surface area contributed by atoms with Crippen LogP contribution in [0.15, 0.2) is 23.6 Å². The van der Waals surface area contributed by atoms with Crippen LogP contribution >= 0.6 is 22.9 Å². The van der Waals surface area contributed by atoms with E-state index in [-0.39, 0.29) is 16.6 Å². The molecule has 1 unspecified atom stereocenters. The molecule has 3 rings (SSSR count). The first kappa shape index (κ1) is 18.3. The van der Waals surface area contributed by atoms with Gasteiger partial charge in [0.15, 0.2) is 0 Å². The van der Waals surface area contributed by atoms with Gasteiger partial charge in [-0.3, -0.25) is 4.79 Å². The van der Waals surface area contributed by atoms with Crippen LogP contribution < -0.4 is 5.32 Å². The molecule has 1 aromatic carbocycles. The highest BCUT2D eigenvalue weighted by molar-refractivity contribution is 7.10. The molecular formula is C18H17ClF3NOS. The molecule has 1 aromatic heterocycles. The topological polar surface area (TPSA) is 29.1 Å². The van der Waals surface area contributed by atoms with Crippen LogP contribution in [0.25, 0.3) is 0 Å². The predicted octanol–water partition coefficient (Wildman–Crippen LogP) is 6.19. The van der Waals surface area contributed by atoms with E-state index in [1.807, 2.05) is 0 Å². The Morgan fingerprint density at radius 2 is 2.16 bits per heavy atom. The predicted molar refractivity (Wildman–Crippen MR) is 94.5 cm³/mol. The van der Waals surface area contributed by atoms with Crippen LogP contribution in [0, 0.1) is 5.92 Å². The van der Waals surface area contributed by atoms with Crippen LogP contribution in [0.3, 0.4) is 0 Å². The summed E-state index contributed by atoms with van der Waals surface area (Å²) in [7, 11) is 0. The highest BCUT2D eigenvalue weighted by atomic mass is 35.5. The first-order chi connectivity index (χ1) is 11.8. The Morgan fingerprint density at radius 3 is 2.84 bits per heavy atom. The SMILES string of the molecule is CCC1CCc2c(C(=O)Nc3ccc(Cl)c(C(F)(F)F)c3)csc2C1. The van der Waals surface area contributed by atoms with E-state index in [0.29, 0.717) is 11.5 Å². The number of thiophene rings is 1. The summed E-state index contributed by atoms with van der Waals surface area (Å²) in [5.74, 6) is 0.274. The van der Waals surface area contributed by atoms with Crippen LogP contribution in [0.2, 0.25) is 5.02 Å². The van der Waals surface area contributed by atoms with Crippen molar-refractivity contribution in [3.05, 3.63) is 50.2 Å². The summed E-state index contributed by atoms with van der Waals surface area (Å²) in [6.07, 6.45) is -0.588. The minimum atomic E-state index is -4.56. The van der Waals surface area contributed by atoms with Gasteiger partial charge in [0.05, 0.1) is 16.1 Å². The number of carbonyl (C=O) groups is 1. The highest BCUT2D eigenvalue weighted by Crippen LogP contribution is 2.37. The number of hydrogen-bond acceptors (Lipinski definition) is 2. The molecule has 1 atom stereocenters. The van der Waals surface area contributed by atoms with Gasteiger partial charge in [-0.15, -0.1) is 11.3 Å². The molecule has 0 fully saturated rings. The third-order valence-corrected chi connectivity index (χ3v) is 5.99. The molecule has 0 radical (unpaired) electrons. The molecule has 1 aliphatic carbocycles. The lowest BCUT2D eigenvalue weighted by molar-refractivity contribution is -0.137. The number of halogens is 4. The number of hydrogen-bond donors (Lipinski definition) is 1. The zero-order chi connectivity index (χ0) is 18.2. The van der Waals surface area contributed by atoms with Gasteiger partial charge >= 0.3 is 6.18 Å². The molecule has 2 nitrogen and oxygen atoms in total. The minimum Gasteiger partial charge on any atom is -0.322 e. The van der Waals surface area contributed by atoms with E-state index in [1.54, 1.807) is 16.7 Å². The molecule has 0 spiro atoms. The van der Waals surface area contributed by atoms with E-state index in [4.69, 9.17) is 11.6 Å². The third-order valence-electron chi connectivity index (χ3n) is 4.61. The summed E-state index contributed by atoms with van der Waals surface area (Å²) in [6.45, 7) is 2.16. The summed E-state index contributed by atoms with van der Waals surface area (Å²) in [6, 6.07) is 3.39. The van der Waals surface area contributed by atoms with Crippen molar-refractivity contribution >= 4 is 34.5 Å². The second-order valence-corrected chi connectivity index (χ2v) is 7.59. The van der Waals surface area contributed by atoms with E-state index < -0.39 is 11.7 Å². The maximum atomic E-state index is 12.9. The van der Waals surface area contributed by atoms with Crippen molar-refractivity contribution in [2.75, 3.05) is 5.32 Å². The lowest BCUT2D eigenvalue weighted by atomic mass is 9.86. The Labute approximate surface area is 153 Å². The maximum absolute atomic E-state index is 12.9. The van der Waals surface area contributed by atoms with Crippen molar-refractivity contribution in [1.29, 1.82) is 0 Å². The van der Waals surface area contributed by atoms with Crippen LogP contribution in [-0.4, -0.2) is 5.91 Å². The monoisotopic (exact) mass is 387 g/mol. The van der Waals surface area contributed by atoms with Crippen molar-refractivity contribution in [2.24, 2.45) is 5.92 Å². The number of benzene rings is 1. The van der Waals surface area contributed by atoms with E-state index >= 15 is 0 Å². The van der Waals surface area contributed by atoms with Gasteiger partial charge in [-0.05, 0) is 48.9 Å². The number of anilines is 1. The number of carbonyl (C=O) groups excluding carboxylic acids is 1. The molecule has 0 aliphatic heterocycles. The lowest BCUT2D eigenvalue weighted by Gasteiger charge is -2.21. The average molecular weight is 388 g/mol. The summed E-state index contributed by atoms with van der Waals surface area (Å²) < 4.78 is 38.8. The lowest BCUT2D eigenvalue weighted by Crippen LogP contribution is -2.17. The Kier molecular flexibility index (Phi) is 5.11. The molecular weight excluding hydrogens is 371 g/mol. The van der Waals surface area contributed by atoms with Crippen molar-refractivity contribution in [2.45, 2.75) is 38.8 Å². The number of amides is 1. The Morgan fingerprint density at radius 1 is 1.40 bits per heavy atom. The van der Waals surface area contributed by atoms with Crippen LogP contribution in [0.5, 0.6) is 0 Å². The second kappa shape index (κ2) is 7.00. The van der Waals surface area contributed by atoms with Gasteiger partial charge in [-0.2, -0.15) is 13.2 Å².